The van der Waals surface area contributed by atoms with Gasteiger partial charge in [0.05, 0.1) is 12.5 Å². The summed E-state index contributed by atoms with van der Waals surface area (Å²) in [6.45, 7) is 0.685. The van der Waals surface area contributed by atoms with E-state index in [1.807, 2.05) is 6.07 Å². The van der Waals surface area contributed by atoms with Gasteiger partial charge >= 0.3 is 0 Å². The predicted octanol–water partition coefficient (Wildman–Crippen LogP) is 2.44. The number of nitrogens with one attached hydrogen (secondary N) is 1. The summed E-state index contributed by atoms with van der Waals surface area (Å²) in [6.07, 6.45) is 2.36. The number of halogens is 1. The van der Waals surface area contributed by atoms with Crippen LogP contribution in [0, 0.1) is 0 Å². The van der Waals surface area contributed by atoms with Crippen molar-refractivity contribution >= 4 is 23.2 Å². The first-order valence-corrected chi connectivity index (χ1v) is 6.95. The topological polar surface area (TPSA) is 58.6 Å². The molecule has 2 aliphatic heterocycles. The quantitative estimate of drug-likeness (QED) is 0.875. The number of anilines is 1. The zero-order valence-corrected chi connectivity index (χ0v) is 11.2. The van der Waals surface area contributed by atoms with Crippen LogP contribution in [0.25, 0.3) is 0 Å². The van der Waals surface area contributed by atoms with E-state index in [1.54, 1.807) is 6.07 Å². The van der Waals surface area contributed by atoms with Crippen molar-refractivity contribution in [3.05, 3.63) is 28.3 Å². The second kappa shape index (κ2) is 5.12. The minimum Gasteiger partial charge on any atom is -0.386 e. The molecule has 2 aliphatic rings. The standard InChI is InChI=1S/C14H16ClNO3/c15-10-7-11-8(6-13(17)16-11)5-9(10)14(18)12-3-1-2-4-19-12/h5,7,12,14,18H,1-4,6H2,(H,16,17). The van der Waals surface area contributed by atoms with Crippen molar-refractivity contribution in [1.29, 1.82) is 0 Å². The van der Waals surface area contributed by atoms with Crippen molar-refractivity contribution in [2.75, 3.05) is 11.9 Å². The fourth-order valence-electron chi connectivity index (χ4n) is 2.71. The van der Waals surface area contributed by atoms with E-state index < -0.39 is 6.10 Å². The summed E-state index contributed by atoms with van der Waals surface area (Å²) in [6, 6.07) is 3.53. The van der Waals surface area contributed by atoms with Crippen LogP contribution < -0.4 is 5.32 Å². The molecule has 4 nitrogen and oxygen atoms in total. The van der Waals surface area contributed by atoms with E-state index in [9.17, 15) is 9.90 Å². The van der Waals surface area contributed by atoms with Gasteiger partial charge in [-0.15, -0.1) is 0 Å². The summed E-state index contributed by atoms with van der Waals surface area (Å²) >= 11 is 6.20. The smallest absolute Gasteiger partial charge is 0.228 e. The molecule has 2 N–H and O–H groups in total. The average Bonchev–Trinajstić information content (AvgIpc) is 2.77. The lowest BCUT2D eigenvalue weighted by molar-refractivity contribution is -0.115. The minimum absolute atomic E-state index is 0.0355. The molecule has 0 bridgehead atoms. The molecule has 102 valence electrons. The summed E-state index contributed by atoms with van der Waals surface area (Å²) in [5, 5.41) is 13.6. The van der Waals surface area contributed by atoms with Crippen LogP contribution in [-0.4, -0.2) is 23.7 Å². The van der Waals surface area contributed by atoms with Crippen LogP contribution in [0.1, 0.15) is 36.5 Å². The highest BCUT2D eigenvalue weighted by Gasteiger charge is 2.28. The van der Waals surface area contributed by atoms with Crippen LogP contribution in [0.5, 0.6) is 0 Å². The molecule has 0 radical (unpaired) electrons. The Kier molecular flexibility index (Phi) is 3.48. The van der Waals surface area contributed by atoms with Gasteiger partial charge in [-0.05, 0) is 37.0 Å². The Morgan fingerprint density at radius 3 is 3.00 bits per heavy atom. The van der Waals surface area contributed by atoms with Gasteiger partial charge in [0.1, 0.15) is 6.10 Å². The maximum absolute atomic E-state index is 11.4. The maximum Gasteiger partial charge on any atom is 0.228 e. The average molecular weight is 282 g/mol. The van der Waals surface area contributed by atoms with Crippen LogP contribution in [-0.2, 0) is 16.0 Å². The first-order chi connectivity index (χ1) is 9.15. The first kappa shape index (κ1) is 12.9. The first-order valence-electron chi connectivity index (χ1n) is 6.57. The molecule has 0 saturated carbocycles. The van der Waals surface area contributed by atoms with Crippen LogP contribution in [0.3, 0.4) is 0 Å². The number of amides is 1. The number of aliphatic hydroxyl groups is 1. The summed E-state index contributed by atoms with van der Waals surface area (Å²) in [4.78, 5) is 11.4. The second-order valence-electron chi connectivity index (χ2n) is 5.11. The van der Waals surface area contributed by atoms with Crippen molar-refractivity contribution in [1.82, 2.24) is 0 Å². The van der Waals surface area contributed by atoms with E-state index in [0.29, 0.717) is 23.6 Å². The fraction of sp³-hybridized carbons (Fsp3) is 0.500. The highest BCUT2D eigenvalue weighted by atomic mass is 35.5. The molecule has 1 fully saturated rings. The summed E-state index contributed by atoms with van der Waals surface area (Å²) in [7, 11) is 0. The summed E-state index contributed by atoms with van der Waals surface area (Å²) in [5.41, 5.74) is 2.29. The van der Waals surface area contributed by atoms with Gasteiger partial charge in [0.25, 0.3) is 0 Å². The van der Waals surface area contributed by atoms with Gasteiger partial charge < -0.3 is 15.2 Å². The zero-order chi connectivity index (χ0) is 13.4. The second-order valence-corrected chi connectivity index (χ2v) is 5.51. The third kappa shape index (κ3) is 2.48. The SMILES string of the molecule is O=C1Cc2cc(C(O)C3CCCCO3)c(Cl)cc2N1. The summed E-state index contributed by atoms with van der Waals surface area (Å²) in [5.74, 6) is -0.0355. The van der Waals surface area contributed by atoms with Gasteiger partial charge in [0.15, 0.2) is 0 Å². The predicted molar refractivity (Wildman–Crippen MR) is 72.3 cm³/mol. The monoisotopic (exact) mass is 281 g/mol. The van der Waals surface area contributed by atoms with Crippen molar-refractivity contribution in [3.8, 4) is 0 Å². The van der Waals surface area contributed by atoms with E-state index in [2.05, 4.69) is 5.32 Å². The number of benzene rings is 1. The molecule has 1 saturated heterocycles. The highest BCUT2D eigenvalue weighted by molar-refractivity contribution is 6.32. The van der Waals surface area contributed by atoms with E-state index in [1.165, 1.54) is 0 Å². The minimum atomic E-state index is -0.728. The van der Waals surface area contributed by atoms with Crippen LogP contribution in [0.2, 0.25) is 5.02 Å². The molecule has 1 aromatic carbocycles. The molecule has 0 aliphatic carbocycles. The number of carbonyl (C=O) groups excluding carboxylic acids is 1. The number of hydrogen-bond acceptors (Lipinski definition) is 3. The number of aliphatic hydroxyl groups excluding tert-OH is 1. The Morgan fingerprint density at radius 2 is 2.26 bits per heavy atom. The Balaban J connectivity index is 1.88. The summed E-state index contributed by atoms with van der Waals surface area (Å²) < 4.78 is 5.60. The molecule has 5 heteroatoms. The van der Waals surface area contributed by atoms with E-state index in [4.69, 9.17) is 16.3 Å². The number of fused-ring (bicyclic) bond motifs is 1. The highest BCUT2D eigenvalue weighted by Crippen LogP contribution is 2.36. The Bertz CT molecular complexity index is 512. The Hall–Kier alpha value is -1.10. The lowest BCUT2D eigenvalue weighted by Crippen LogP contribution is -2.26. The van der Waals surface area contributed by atoms with Crippen LogP contribution >= 0.6 is 11.6 Å². The molecule has 2 heterocycles. The van der Waals surface area contributed by atoms with Gasteiger partial charge in [-0.3, -0.25) is 4.79 Å². The Morgan fingerprint density at radius 1 is 1.42 bits per heavy atom. The molecule has 0 spiro atoms. The largest absolute Gasteiger partial charge is 0.386 e. The molecule has 1 aromatic rings. The molecule has 1 amide bonds. The van der Waals surface area contributed by atoms with Crippen LogP contribution in [0.15, 0.2) is 12.1 Å². The van der Waals surface area contributed by atoms with E-state index in [-0.39, 0.29) is 12.0 Å². The van der Waals surface area contributed by atoms with Crippen molar-refractivity contribution in [2.24, 2.45) is 0 Å². The zero-order valence-electron chi connectivity index (χ0n) is 10.5. The van der Waals surface area contributed by atoms with E-state index >= 15 is 0 Å². The molecule has 2 unspecified atom stereocenters. The van der Waals surface area contributed by atoms with Crippen molar-refractivity contribution in [2.45, 2.75) is 37.9 Å². The third-order valence-corrected chi connectivity index (χ3v) is 4.06. The molecular formula is C14H16ClNO3. The van der Waals surface area contributed by atoms with Gasteiger partial charge in [-0.25, -0.2) is 0 Å². The number of rotatable bonds is 2. The molecule has 2 atom stereocenters. The molecule has 19 heavy (non-hydrogen) atoms. The van der Waals surface area contributed by atoms with Gasteiger partial charge in [-0.2, -0.15) is 0 Å². The lowest BCUT2D eigenvalue weighted by Gasteiger charge is -2.28. The number of carbonyl (C=O) groups is 1. The van der Waals surface area contributed by atoms with Gasteiger partial charge in [0.2, 0.25) is 5.91 Å². The molecular weight excluding hydrogens is 266 g/mol. The van der Waals surface area contributed by atoms with Crippen molar-refractivity contribution in [3.63, 3.8) is 0 Å². The van der Waals surface area contributed by atoms with Gasteiger partial charge in [-0.1, -0.05) is 11.6 Å². The van der Waals surface area contributed by atoms with Crippen LogP contribution in [0.4, 0.5) is 5.69 Å². The maximum atomic E-state index is 11.4. The normalized spacial score (nSPS) is 23.9. The third-order valence-electron chi connectivity index (χ3n) is 3.73. The number of hydrogen-bond donors (Lipinski definition) is 2. The Labute approximate surface area is 116 Å². The van der Waals surface area contributed by atoms with E-state index in [0.717, 1.165) is 30.5 Å². The molecule has 3 rings (SSSR count). The number of ether oxygens (including phenoxy) is 1. The fourth-order valence-corrected chi connectivity index (χ4v) is 2.98. The van der Waals surface area contributed by atoms with Crippen molar-refractivity contribution < 1.29 is 14.6 Å². The molecule has 0 aromatic heterocycles. The lowest BCUT2D eigenvalue weighted by atomic mass is 9.96. The van der Waals surface area contributed by atoms with Gasteiger partial charge in [0, 0.05) is 22.9 Å².